The van der Waals surface area contributed by atoms with Crippen molar-refractivity contribution < 1.29 is 14.3 Å². The summed E-state index contributed by atoms with van der Waals surface area (Å²) in [6.07, 6.45) is 0.569. The first-order valence-electron chi connectivity index (χ1n) is 6.58. The minimum atomic E-state index is -0.937. The van der Waals surface area contributed by atoms with Gasteiger partial charge in [-0.05, 0) is 33.7 Å². The van der Waals surface area contributed by atoms with Gasteiger partial charge in [-0.3, -0.25) is 9.69 Å². The van der Waals surface area contributed by atoms with Crippen molar-refractivity contribution in [3.63, 3.8) is 0 Å². The Morgan fingerprint density at radius 2 is 2.06 bits per heavy atom. The van der Waals surface area contributed by atoms with Gasteiger partial charge in [-0.1, -0.05) is 6.92 Å². The molecule has 0 aromatic rings. The molecule has 0 amide bonds. The Morgan fingerprint density at radius 3 is 2.50 bits per heavy atom. The molecule has 0 saturated heterocycles. The summed E-state index contributed by atoms with van der Waals surface area (Å²) in [7, 11) is 1.37. The zero-order valence-corrected chi connectivity index (χ0v) is 12.4. The fourth-order valence-corrected chi connectivity index (χ4v) is 2.08. The third-order valence-corrected chi connectivity index (χ3v) is 3.13. The predicted molar refractivity (Wildman–Crippen MR) is 72.4 cm³/mol. The summed E-state index contributed by atoms with van der Waals surface area (Å²) in [5, 5.41) is 0. The third kappa shape index (κ3) is 5.80. The van der Waals surface area contributed by atoms with Crippen LogP contribution in [0.4, 0.5) is 0 Å². The Balaban J connectivity index is 4.33. The molecule has 0 aromatic heterocycles. The van der Waals surface area contributed by atoms with Crippen LogP contribution in [-0.2, 0) is 14.3 Å². The zero-order chi connectivity index (χ0) is 14.2. The Labute approximate surface area is 111 Å². The van der Waals surface area contributed by atoms with Crippen molar-refractivity contribution in [3.05, 3.63) is 0 Å². The van der Waals surface area contributed by atoms with Crippen LogP contribution >= 0.6 is 0 Å². The average Bonchev–Trinajstić information content (AvgIpc) is 2.32. The smallest absolute Gasteiger partial charge is 0.325 e. The molecule has 0 aliphatic carbocycles. The Morgan fingerprint density at radius 1 is 1.44 bits per heavy atom. The summed E-state index contributed by atoms with van der Waals surface area (Å²) in [4.78, 5) is 13.8. The monoisotopic (exact) mass is 260 g/mol. The summed E-state index contributed by atoms with van der Waals surface area (Å²) in [6.45, 7) is 11.0. The lowest BCUT2D eigenvalue weighted by Crippen LogP contribution is -2.51. The maximum atomic E-state index is 11.5. The molecule has 0 aliphatic heterocycles. The van der Waals surface area contributed by atoms with Crippen LogP contribution in [0, 0.1) is 0 Å². The second kappa shape index (κ2) is 8.45. The molecule has 2 unspecified atom stereocenters. The van der Waals surface area contributed by atoms with Crippen LogP contribution in [-0.4, -0.2) is 55.9 Å². The number of likely N-dealkylation sites (N-methyl/N-ethyl adjacent to an activating group) is 1. The lowest BCUT2D eigenvalue weighted by atomic mass is 9.94. The number of methoxy groups -OCH3 is 1. The number of ether oxygens (including phenoxy) is 2. The van der Waals surface area contributed by atoms with Gasteiger partial charge in [0.15, 0.2) is 0 Å². The number of rotatable bonds is 9. The number of esters is 1. The first-order valence-corrected chi connectivity index (χ1v) is 6.58. The molecule has 0 rings (SSSR count). The Hall–Kier alpha value is -0.650. The van der Waals surface area contributed by atoms with Crippen LogP contribution in [0.1, 0.15) is 34.1 Å². The largest absolute Gasteiger partial charge is 0.468 e. The number of hydrogen-bond acceptors (Lipinski definition) is 5. The van der Waals surface area contributed by atoms with E-state index >= 15 is 0 Å². The van der Waals surface area contributed by atoms with Crippen LogP contribution < -0.4 is 5.73 Å². The third-order valence-electron chi connectivity index (χ3n) is 3.13. The molecule has 0 spiro atoms. The molecule has 5 heteroatoms. The first kappa shape index (κ1) is 17.4. The van der Waals surface area contributed by atoms with Crippen LogP contribution in [0.2, 0.25) is 0 Å². The van der Waals surface area contributed by atoms with E-state index in [0.29, 0.717) is 13.0 Å². The highest BCUT2D eigenvalue weighted by atomic mass is 16.5. The highest BCUT2D eigenvalue weighted by molar-refractivity contribution is 5.79. The van der Waals surface area contributed by atoms with E-state index in [4.69, 9.17) is 15.2 Å². The second-order valence-electron chi connectivity index (χ2n) is 4.79. The lowest BCUT2D eigenvalue weighted by Gasteiger charge is -2.32. The molecule has 18 heavy (non-hydrogen) atoms. The standard InChI is InChI=1S/C13H28N2O3/c1-6-15(8-9-18-7-2)11(3)10-13(4,14)12(16)17-5/h11H,6-10,14H2,1-5H3. The SMILES string of the molecule is CCOCCN(CC)C(C)CC(C)(N)C(=O)OC. The molecule has 0 aliphatic rings. The van der Waals surface area contributed by atoms with Gasteiger partial charge in [0.05, 0.1) is 13.7 Å². The molecule has 2 N–H and O–H groups in total. The zero-order valence-electron chi connectivity index (χ0n) is 12.4. The van der Waals surface area contributed by atoms with E-state index in [-0.39, 0.29) is 12.0 Å². The molecule has 0 radical (unpaired) electrons. The maximum Gasteiger partial charge on any atom is 0.325 e. The highest BCUT2D eigenvalue weighted by Gasteiger charge is 2.32. The van der Waals surface area contributed by atoms with Gasteiger partial charge < -0.3 is 15.2 Å². The average molecular weight is 260 g/mol. The molecule has 0 heterocycles. The normalized spacial score (nSPS) is 16.4. The van der Waals surface area contributed by atoms with Crippen molar-refractivity contribution in [3.8, 4) is 0 Å². The Kier molecular flexibility index (Phi) is 8.15. The molecule has 5 nitrogen and oxygen atoms in total. The van der Waals surface area contributed by atoms with Gasteiger partial charge in [0.25, 0.3) is 0 Å². The van der Waals surface area contributed by atoms with E-state index < -0.39 is 5.54 Å². The van der Waals surface area contributed by atoms with Crippen LogP contribution in [0.3, 0.4) is 0 Å². The summed E-state index contributed by atoms with van der Waals surface area (Å²) >= 11 is 0. The van der Waals surface area contributed by atoms with Crippen LogP contribution in [0.25, 0.3) is 0 Å². The van der Waals surface area contributed by atoms with Crippen molar-refractivity contribution in [2.75, 3.05) is 33.4 Å². The van der Waals surface area contributed by atoms with E-state index in [1.54, 1.807) is 6.92 Å². The quantitative estimate of drug-likeness (QED) is 0.495. The van der Waals surface area contributed by atoms with Crippen LogP contribution in [0.5, 0.6) is 0 Å². The van der Waals surface area contributed by atoms with Crippen LogP contribution in [0.15, 0.2) is 0 Å². The summed E-state index contributed by atoms with van der Waals surface area (Å²) in [5.74, 6) is -0.366. The highest BCUT2D eigenvalue weighted by Crippen LogP contribution is 2.15. The van der Waals surface area contributed by atoms with Gasteiger partial charge in [-0.15, -0.1) is 0 Å². The second-order valence-corrected chi connectivity index (χ2v) is 4.79. The van der Waals surface area contributed by atoms with Gasteiger partial charge in [0, 0.05) is 19.2 Å². The fraction of sp³-hybridized carbons (Fsp3) is 0.923. The Bertz CT molecular complexity index is 244. The van der Waals surface area contributed by atoms with Crippen molar-refractivity contribution in [1.29, 1.82) is 0 Å². The molecular formula is C13H28N2O3. The molecular weight excluding hydrogens is 232 g/mol. The van der Waals surface area contributed by atoms with Gasteiger partial charge in [0.2, 0.25) is 0 Å². The van der Waals surface area contributed by atoms with Gasteiger partial charge >= 0.3 is 5.97 Å². The molecule has 108 valence electrons. The van der Waals surface area contributed by atoms with E-state index in [1.165, 1.54) is 7.11 Å². The first-order chi connectivity index (χ1) is 8.38. The summed E-state index contributed by atoms with van der Waals surface area (Å²) in [6, 6.07) is 0.213. The number of nitrogens with zero attached hydrogens (tertiary/aromatic N) is 1. The number of hydrogen-bond donors (Lipinski definition) is 1. The van der Waals surface area contributed by atoms with Gasteiger partial charge in [-0.2, -0.15) is 0 Å². The van der Waals surface area contributed by atoms with Gasteiger partial charge in [-0.25, -0.2) is 0 Å². The van der Waals surface area contributed by atoms with Crippen molar-refractivity contribution in [2.24, 2.45) is 5.73 Å². The lowest BCUT2D eigenvalue weighted by molar-refractivity contribution is -0.147. The van der Waals surface area contributed by atoms with Gasteiger partial charge in [0.1, 0.15) is 5.54 Å². The van der Waals surface area contributed by atoms with E-state index in [2.05, 4.69) is 18.7 Å². The van der Waals surface area contributed by atoms with Crippen molar-refractivity contribution in [2.45, 2.75) is 45.7 Å². The number of carbonyl (C=O) groups excluding carboxylic acids is 1. The van der Waals surface area contributed by atoms with Crippen molar-refractivity contribution in [1.82, 2.24) is 4.90 Å². The predicted octanol–water partition coefficient (Wildman–Crippen LogP) is 1.01. The number of carbonyl (C=O) groups is 1. The van der Waals surface area contributed by atoms with E-state index in [9.17, 15) is 4.79 Å². The maximum absolute atomic E-state index is 11.5. The molecule has 0 bridgehead atoms. The van der Waals surface area contributed by atoms with E-state index in [0.717, 1.165) is 19.7 Å². The number of nitrogens with two attached hydrogens (primary N) is 1. The molecule has 2 atom stereocenters. The molecule has 0 aromatic carbocycles. The molecule has 0 saturated carbocycles. The fourth-order valence-electron chi connectivity index (χ4n) is 2.08. The summed E-state index contributed by atoms with van der Waals surface area (Å²) in [5.41, 5.74) is 5.05. The topological polar surface area (TPSA) is 64.8 Å². The summed E-state index contributed by atoms with van der Waals surface area (Å²) < 4.78 is 10.1. The van der Waals surface area contributed by atoms with Crippen molar-refractivity contribution >= 4 is 5.97 Å². The van der Waals surface area contributed by atoms with E-state index in [1.807, 2.05) is 6.92 Å². The minimum Gasteiger partial charge on any atom is -0.468 e. The molecule has 0 fully saturated rings. The minimum absolute atomic E-state index is 0.213.